The van der Waals surface area contributed by atoms with Crippen LogP contribution in [0.4, 0.5) is 0 Å². The zero-order valence-electron chi connectivity index (χ0n) is 22.7. The van der Waals surface area contributed by atoms with E-state index in [1.807, 2.05) is 32.9 Å². The lowest BCUT2D eigenvalue weighted by Crippen LogP contribution is -2.50. The number of methoxy groups -OCH3 is 4. The fourth-order valence-electron chi connectivity index (χ4n) is 4.94. The van der Waals surface area contributed by atoms with E-state index in [0.717, 1.165) is 24.1 Å². The van der Waals surface area contributed by atoms with Crippen LogP contribution in [0.5, 0.6) is 23.0 Å². The lowest BCUT2D eigenvalue weighted by Gasteiger charge is -2.47. The van der Waals surface area contributed by atoms with Gasteiger partial charge in [-0.1, -0.05) is 6.07 Å². The van der Waals surface area contributed by atoms with E-state index < -0.39 is 11.1 Å². The largest absolute Gasteiger partial charge is 0.493 e. The van der Waals surface area contributed by atoms with Crippen LogP contribution in [0.3, 0.4) is 0 Å². The maximum absolute atomic E-state index is 12.8. The number of rotatable bonds is 9. The smallest absolute Gasteiger partial charge is 0.306 e. The summed E-state index contributed by atoms with van der Waals surface area (Å²) in [6.45, 7) is 6.53. The fourth-order valence-corrected chi connectivity index (χ4v) is 4.94. The summed E-state index contributed by atoms with van der Waals surface area (Å²) in [7, 11) is 8.69. The highest BCUT2D eigenvalue weighted by molar-refractivity contribution is 14.0. The molecule has 1 atom stereocenters. The quantitative estimate of drug-likeness (QED) is 0.278. The summed E-state index contributed by atoms with van der Waals surface area (Å²) in [4.78, 5) is 15.1. The monoisotopic (exact) mass is 613 g/mol. The molecule has 200 valence electrons. The predicted molar refractivity (Wildman–Crippen MR) is 151 cm³/mol. The highest BCUT2D eigenvalue weighted by Gasteiger charge is 2.42. The molecule has 1 heterocycles. The summed E-state index contributed by atoms with van der Waals surface area (Å²) >= 11 is 0. The number of benzene rings is 2. The Bertz CT molecular complexity index is 1050. The molecule has 8 heteroatoms. The van der Waals surface area contributed by atoms with Gasteiger partial charge in [0.2, 0.25) is 0 Å². The van der Waals surface area contributed by atoms with Crippen molar-refractivity contribution in [3.05, 3.63) is 47.0 Å². The Morgan fingerprint density at radius 1 is 0.917 bits per heavy atom. The Morgan fingerprint density at radius 2 is 1.50 bits per heavy atom. The van der Waals surface area contributed by atoms with E-state index in [9.17, 15) is 4.79 Å². The second-order valence-corrected chi connectivity index (χ2v) is 10.0. The van der Waals surface area contributed by atoms with Gasteiger partial charge in [-0.2, -0.15) is 0 Å². The van der Waals surface area contributed by atoms with Gasteiger partial charge in [-0.05, 0) is 88.0 Å². The van der Waals surface area contributed by atoms with Crippen molar-refractivity contribution >= 4 is 29.9 Å². The lowest BCUT2D eigenvalue weighted by molar-refractivity contribution is -0.155. The lowest BCUT2D eigenvalue weighted by atomic mass is 9.73. The van der Waals surface area contributed by atoms with Gasteiger partial charge in [0.05, 0.1) is 34.0 Å². The number of ether oxygens (including phenoxy) is 5. The number of likely N-dealkylation sites (N-methyl/N-ethyl adjacent to an activating group) is 1. The SMILES string of the molecule is COc1ccc(CC2(CCC(=O)OC(C)(C)C)c3cc(OC)c(OC)cc3CCN2C)cc1OC.I. The molecule has 0 saturated carbocycles. The number of hydrogen-bond acceptors (Lipinski definition) is 7. The first-order valence-electron chi connectivity index (χ1n) is 12.0. The molecule has 2 aromatic rings. The average Bonchev–Trinajstić information content (AvgIpc) is 2.82. The molecule has 0 saturated heterocycles. The summed E-state index contributed by atoms with van der Waals surface area (Å²) in [6.07, 6.45) is 2.44. The van der Waals surface area contributed by atoms with Gasteiger partial charge in [0.1, 0.15) is 5.60 Å². The standard InChI is InChI=1S/C28H39NO6.HI/c1-27(2,3)35-26(30)11-13-28(18-19-9-10-22(31-5)23(15-19)32-6)21-17-25(34-8)24(33-7)16-20(21)12-14-29(28)4;/h9-10,15-17H,11-14,18H2,1-8H3;1H. The maximum atomic E-state index is 12.8. The third-order valence-corrected chi connectivity index (χ3v) is 6.67. The molecule has 1 aliphatic heterocycles. The van der Waals surface area contributed by atoms with E-state index in [1.165, 1.54) is 5.56 Å². The summed E-state index contributed by atoms with van der Waals surface area (Å²) in [5.41, 5.74) is 2.44. The number of nitrogens with zero attached hydrogens (tertiary/aromatic N) is 1. The van der Waals surface area contributed by atoms with E-state index >= 15 is 0 Å². The van der Waals surface area contributed by atoms with E-state index in [1.54, 1.807) is 28.4 Å². The van der Waals surface area contributed by atoms with E-state index in [4.69, 9.17) is 23.7 Å². The number of carbonyl (C=O) groups is 1. The van der Waals surface area contributed by atoms with Crippen molar-refractivity contribution in [1.82, 2.24) is 4.90 Å². The van der Waals surface area contributed by atoms with Crippen molar-refractivity contribution in [3.8, 4) is 23.0 Å². The van der Waals surface area contributed by atoms with Crippen molar-refractivity contribution in [2.75, 3.05) is 42.0 Å². The highest BCUT2D eigenvalue weighted by atomic mass is 127. The highest BCUT2D eigenvalue weighted by Crippen LogP contribution is 2.46. The van der Waals surface area contributed by atoms with Crippen LogP contribution in [0.25, 0.3) is 0 Å². The van der Waals surface area contributed by atoms with Gasteiger partial charge in [0, 0.05) is 13.0 Å². The first kappa shape index (κ1) is 30.0. The van der Waals surface area contributed by atoms with Gasteiger partial charge >= 0.3 is 5.97 Å². The van der Waals surface area contributed by atoms with Gasteiger partial charge in [-0.25, -0.2) is 0 Å². The molecule has 36 heavy (non-hydrogen) atoms. The molecule has 7 nitrogen and oxygen atoms in total. The van der Waals surface area contributed by atoms with Crippen molar-refractivity contribution in [2.24, 2.45) is 0 Å². The Kier molecular flexibility index (Phi) is 10.3. The number of hydrogen-bond donors (Lipinski definition) is 0. The summed E-state index contributed by atoms with van der Waals surface area (Å²) in [5, 5.41) is 0. The molecule has 0 amide bonds. The van der Waals surface area contributed by atoms with E-state index in [2.05, 4.69) is 30.1 Å². The summed E-state index contributed by atoms with van der Waals surface area (Å²) in [5.74, 6) is 2.55. The Labute approximate surface area is 232 Å². The molecule has 1 unspecified atom stereocenters. The molecule has 0 radical (unpaired) electrons. The van der Waals surface area contributed by atoms with Crippen LogP contribution in [0.1, 0.15) is 50.3 Å². The van der Waals surface area contributed by atoms with Crippen LogP contribution in [0.2, 0.25) is 0 Å². The molecular formula is C28H40INO6. The van der Waals surface area contributed by atoms with Crippen LogP contribution in [0, 0.1) is 0 Å². The Hall–Kier alpha value is -2.20. The molecule has 0 spiro atoms. The molecular weight excluding hydrogens is 573 g/mol. The predicted octanol–water partition coefficient (Wildman–Crippen LogP) is 5.39. The van der Waals surface area contributed by atoms with Crippen LogP contribution in [0.15, 0.2) is 30.3 Å². The molecule has 1 aliphatic rings. The maximum Gasteiger partial charge on any atom is 0.306 e. The minimum absolute atomic E-state index is 0. The molecule has 0 fully saturated rings. The number of fused-ring (bicyclic) bond motifs is 1. The van der Waals surface area contributed by atoms with E-state index in [0.29, 0.717) is 42.3 Å². The second kappa shape index (κ2) is 12.4. The van der Waals surface area contributed by atoms with Crippen LogP contribution < -0.4 is 18.9 Å². The van der Waals surface area contributed by atoms with Crippen molar-refractivity contribution in [2.45, 2.75) is 57.6 Å². The molecule has 3 rings (SSSR count). The average molecular weight is 614 g/mol. The van der Waals surface area contributed by atoms with Gasteiger partial charge < -0.3 is 23.7 Å². The van der Waals surface area contributed by atoms with Crippen LogP contribution >= 0.6 is 24.0 Å². The minimum Gasteiger partial charge on any atom is -0.493 e. The minimum atomic E-state index is -0.527. The Morgan fingerprint density at radius 3 is 2.08 bits per heavy atom. The molecule has 0 bridgehead atoms. The summed E-state index contributed by atoms with van der Waals surface area (Å²) in [6, 6.07) is 10.1. The van der Waals surface area contributed by atoms with Crippen LogP contribution in [-0.4, -0.2) is 58.5 Å². The van der Waals surface area contributed by atoms with Crippen molar-refractivity contribution in [3.63, 3.8) is 0 Å². The molecule has 2 aromatic carbocycles. The first-order valence-corrected chi connectivity index (χ1v) is 12.0. The van der Waals surface area contributed by atoms with Crippen LogP contribution in [-0.2, 0) is 27.9 Å². The third kappa shape index (κ3) is 6.56. The van der Waals surface area contributed by atoms with Gasteiger partial charge in [-0.15, -0.1) is 24.0 Å². The van der Waals surface area contributed by atoms with Crippen molar-refractivity contribution in [1.29, 1.82) is 0 Å². The molecule has 0 aromatic heterocycles. The first-order chi connectivity index (χ1) is 16.6. The molecule has 0 aliphatic carbocycles. The third-order valence-electron chi connectivity index (χ3n) is 6.67. The zero-order valence-corrected chi connectivity index (χ0v) is 25.1. The number of esters is 1. The van der Waals surface area contributed by atoms with Crippen molar-refractivity contribution < 1.29 is 28.5 Å². The second-order valence-electron chi connectivity index (χ2n) is 10.0. The van der Waals surface area contributed by atoms with Gasteiger partial charge in [0.25, 0.3) is 0 Å². The number of halogens is 1. The number of carbonyl (C=O) groups excluding carboxylic acids is 1. The fraction of sp³-hybridized carbons (Fsp3) is 0.536. The normalized spacial score (nSPS) is 17.4. The topological polar surface area (TPSA) is 66.5 Å². The Balaban J connectivity index is 0.00000456. The van der Waals surface area contributed by atoms with Gasteiger partial charge in [-0.3, -0.25) is 9.69 Å². The summed E-state index contributed by atoms with van der Waals surface area (Å²) < 4.78 is 27.9. The van der Waals surface area contributed by atoms with Gasteiger partial charge in [0.15, 0.2) is 23.0 Å². The zero-order chi connectivity index (χ0) is 25.8. The van der Waals surface area contributed by atoms with E-state index in [-0.39, 0.29) is 29.9 Å². The molecule has 0 N–H and O–H groups in total.